The molecular formula is C15H26N2O2+2. The minimum atomic E-state index is -0.350. The number of aliphatic hydroxyl groups is 1. The van der Waals surface area contributed by atoms with Crippen molar-refractivity contribution < 1.29 is 20.1 Å². The first-order chi connectivity index (χ1) is 9.36. The number of hydrogen-bond acceptors (Lipinski definition) is 2. The summed E-state index contributed by atoms with van der Waals surface area (Å²) in [6, 6.07) is 9.89. The second kappa shape index (κ2) is 8.27. The SMILES string of the molecule is O[C@H](C[NH2+]CCC[NH+]1CCOCC1)c1ccccc1. The van der Waals surface area contributed by atoms with Crippen molar-refractivity contribution in [2.75, 3.05) is 45.9 Å². The Hall–Kier alpha value is -0.940. The predicted molar refractivity (Wildman–Crippen MR) is 74.1 cm³/mol. The highest BCUT2D eigenvalue weighted by Crippen LogP contribution is 2.08. The number of hydrogen-bond donors (Lipinski definition) is 3. The van der Waals surface area contributed by atoms with Gasteiger partial charge < -0.3 is 20.1 Å². The molecular weight excluding hydrogens is 240 g/mol. The summed E-state index contributed by atoms with van der Waals surface area (Å²) in [6.07, 6.45) is 0.855. The summed E-state index contributed by atoms with van der Waals surface area (Å²) < 4.78 is 5.35. The molecule has 106 valence electrons. The molecule has 4 heteroatoms. The topological polar surface area (TPSA) is 50.5 Å². The van der Waals surface area contributed by atoms with Crippen molar-refractivity contribution >= 4 is 0 Å². The molecule has 2 rings (SSSR count). The van der Waals surface area contributed by atoms with E-state index in [4.69, 9.17) is 4.74 Å². The molecule has 0 aliphatic carbocycles. The van der Waals surface area contributed by atoms with E-state index in [1.54, 1.807) is 4.90 Å². The zero-order valence-electron chi connectivity index (χ0n) is 11.6. The van der Waals surface area contributed by atoms with E-state index in [2.05, 4.69) is 5.32 Å². The highest BCUT2D eigenvalue weighted by molar-refractivity contribution is 5.16. The van der Waals surface area contributed by atoms with Crippen LogP contribution in [0.4, 0.5) is 0 Å². The number of rotatable bonds is 7. The zero-order valence-corrected chi connectivity index (χ0v) is 11.6. The third kappa shape index (κ3) is 5.28. The molecule has 1 heterocycles. The fourth-order valence-corrected chi connectivity index (χ4v) is 2.49. The van der Waals surface area contributed by atoms with Crippen molar-refractivity contribution in [3.8, 4) is 0 Å². The van der Waals surface area contributed by atoms with Gasteiger partial charge in [0.1, 0.15) is 25.7 Å². The molecule has 1 fully saturated rings. The fraction of sp³-hybridized carbons (Fsp3) is 0.600. The first kappa shape index (κ1) is 14.5. The van der Waals surface area contributed by atoms with E-state index < -0.39 is 0 Å². The number of morpholine rings is 1. The molecule has 1 aromatic carbocycles. The Morgan fingerprint density at radius 3 is 2.68 bits per heavy atom. The maximum atomic E-state index is 10.0. The second-order valence-electron chi connectivity index (χ2n) is 5.21. The van der Waals surface area contributed by atoms with E-state index in [0.29, 0.717) is 0 Å². The van der Waals surface area contributed by atoms with Gasteiger partial charge in [0.2, 0.25) is 0 Å². The number of ether oxygens (including phenoxy) is 1. The summed E-state index contributed by atoms with van der Waals surface area (Å²) in [4.78, 5) is 1.66. The third-order valence-electron chi connectivity index (χ3n) is 3.71. The van der Waals surface area contributed by atoms with E-state index in [1.807, 2.05) is 30.3 Å². The van der Waals surface area contributed by atoms with Crippen LogP contribution in [-0.4, -0.2) is 51.0 Å². The normalized spacial score (nSPS) is 18.4. The van der Waals surface area contributed by atoms with Gasteiger partial charge in [0.15, 0.2) is 0 Å². The molecule has 19 heavy (non-hydrogen) atoms. The lowest BCUT2D eigenvalue weighted by Gasteiger charge is -2.23. The molecule has 0 radical (unpaired) electrons. The van der Waals surface area contributed by atoms with E-state index in [1.165, 1.54) is 13.0 Å². The van der Waals surface area contributed by atoms with Gasteiger partial charge in [0, 0.05) is 6.42 Å². The van der Waals surface area contributed by atoms with Crippen LogP contribution in [0.3, 0.4) is 0 Å². The number of nitrogens with one attached hydrogen (secondary N) is 1. The van der Waals surface area contributed by atoms with Gasteiger partial charge in [-0.15, -0.1) is 0 Å². The van der Waals surface area contributed by atoms with Crippen molar-refractivity contribution in [1.29, 1.82) is 0 Å². The quantitative estimate of drug-likeness (QED) is 0.531. The van der Waals surface area contributed by atoms with Gasteiger partial charge in [-0.1, -0.05) is 30.3 Å². The van der Waals surface area contributed by atoms with E-state index in [-0.39, 0.29) is 6.10 Å². The molecule has 1 saturated heterocycles. The van der Waals surface area contributed by atoms with E-state index >= 15 is 0 Å². The fourth-order valence-electron chi connectivity index (χ4n) is 2.49. The lowest BCUT2D eigenvalue weighted by Crippen LogP contribution is -3.14. The molecule has 0 unspecified atom stereocenters. The molecule has 4 nitrogen and oxygen atoms in total. The maximum absolute atomic E-state index is 10.0. The average molecular weight is 266 g/mol. The highest BCUT2D eigenvalue weighted by Gasteiger charge is 2.13. The van der Waals surface area contributed by atoms with Gasteiger partial charge >= 0.3 is 0 Å². The smallest absolute Gasteiger partial charge is 0.128 e. The summed E-state index contributed by atoms with van der Waals surface area (Å²) in [6.45, 7) is 7.18. The molecule has 4 N–H and O–H groups in total. The molecule has 1 aliphatic heterocycles. The van der Waals surface area contributed by atoms with Gasteiger partial charge in [-0.2, -0.15) is 0 Å². The van der Waals surface area contributed by atoms with Crippen LogP contribution in [0, 0.1) is 0 Å². The van der Waals surface area contributed by atoms with Gasteiger partial charge in [0.25, 0.3) is 0 Å². The lowest BCUT2D eigenvalue weighted by molar-refractivity contribution is -0.909. The van der Waals surface area contributed by atoms with Crippen LogP contribution in [0.15, 0.2) is 30.3 Å². The van der Waals surface area contributed by atoms with Gasteiger partial charge in [-0.05, 0) is 5.56 Å². The van der Waals surface area contributed by atoms with Crippen LogP contribution < -0.4 is 10.2 Å². The Kier molecular flexibility index (Phi) is 6.30. The Bertz CT molecular complexity index is 339. The summed E-state index contributed by atoms with van der Waals surface area (Å²) >= 11 is 0. The number of benzene rings is 1. The number of quaternary nitrogens is 2. The minimum Gasteiger partial charge on any atom is -0.382 e. The standard InChI is InChI=1S/C15H24N2O2/c18-15(14-5-2-1-3-6-14)13-16-7-4-8-17-9-11-19-12-10-17/h1-3,5-6,15-16,18H,4,7-13H2/p+2/t15-/m1/s1. The average Bonchev–Trinajstić information content (AvgIpc) is 2.49. The minimum absolute atomic E-state index is 0.350. The van der Waals surface area contributed by atoms with Gasteiger partial charge in [-0.3, -0.25) is 0 Å². The Morgan fingerprint density at radius 2 is 1.95 bits per heavy atom. The third-order valence-corrected chi connectivity index (χ3v) is 3.71. The second-order valence-corrected chi connectivity index (χ2v) is 5.21. The Balaban J connectivity index is 1.54. The van der Waals surface area contributed by atoms with Crippen LogP contribution >= 0.6 is 0 Å². The Morgan fingerprint density at radius 1 is 1.21 bits per heavy atom. The molecule has 0 aromatic heterocycles. The van der Waals surface area contributed by atoms with Crippen LogP contribution in [0.25, 0.3) is 0 Å². The van der Waals surface area contributed by atoms with Crippen LogP contribution in [0.5, 0.6) is 0 Å². The molecule has 0 bridgehead atoms. The van der Waals surface area contributed by atoms with Crippen molar-refractivity contribution in [1.82, 2.24) is 0 Å². The monoisotopic (exact) mass is 266 g/mol. The van der Waals surface area contributed by atoms with Gasteiger partial charge in [0.05, 0.1) is 26.3 Å². The van der Waals surface area contributed by atoms with E-state index in [0.717, 1.165) is 45.0 Å². The van der Waals surface area contributed by atoms with Crippen molar-refractivity contribution in [2.45, 2.75) is 12.5 Å². The van der Waals surface area contributed by atoms with Crippen LogP contribution in [0.1, 0.15) is 18.1 Å². The molecule has 1 atom stereocenters. The highest BCUT2D eigenvalue weighted by atomic mass is 16.5. The number of nitrogens with two attached hydrogens (primary N) is 1. The zero-order chi connectivity index (χ0) is 13.3. The van der Waals surface area contributed by atoms with Crippen molar-refractivity contribution in [3.05, 3.63) is 35.9 Å². The Labute approximate surface area is 115 Å². The van der Waals surface area contributed by atoms with Crippen LogP contribution in [-0.2, 0) is 4.74 Å². The lowest BCUT2D eigenvalue weighted by atomic mass is 10.1. The van der Waals surface area contributed by atoms with Gasteiger partial charge in [-0.25, -0.2) is 0 Å². The predicted octanol–water partition coefficient (Wildman–Crippen LogP) is -1.41. The van der Waals surface area contributed by atoms with Crippen LogP contribution in [0.2, 0.25) is 0 Å². The molecule has 1 aromatic rings. The first-order valence-electron chi connectivity index (χ1n) is 7.32. The first-order valence-corrected chi connectivity index (χ1v) is 7.32. The largest absolute Gasteiger partial charge is 0.382 e. The maximum Gasteiger partial charge on any atom is 0.128 e. The summed E-state index contributed by atoms with van der Waals surface area (Å²) in [5.41, 5.74) is 1.01. The van der Waals surface area contributed by atoms with E-state index in [9.17, 15) is 5.11 Å². The summed E-state index contributed by atoms with van der Waals surface area (Å²) in [7, 11) is 0. The molecule has 0 spiro atoms. The summed E-state index contributed by atoms with van der Waals surface area (Å²) in [5.74, 6) is 0. The molecule has 0 amide bonds. The molecule has 1 aliphatic rings. The summed E-state index contributed by atoms with van der Waals surface area (Å²) in [5, 5.41) is 12.2. The molecule has 0 saturated carbocycles. The number of aliphatic hydroxyl groups excluding tert-OH is 1. The van der Waals surface area contributed by atoms with Crippen molar-refractivity contribution in [3.63, 3.8) is 0 Å². The van der Waals surface area contributed by atoms with Crippen molar-refractivity contribution in [2.24, 2.45) is 0 Å².